The zero-order chi connectivity index (χ0) is 15.7. The maximum atomic E-state index is 12.2. The molecule has 0 aliphatic carbocycles. The van der Waals surface area contributed by atoms with Crippen LogP contribution in [0.4, 0.5) is 10.5 Å². The highest BCUT2D eigenvalue weighted by molar-refractivity contribution is 7.91. The van der Waals surface area contributed by atoms with Gasteiger partial charge < -0.3 is 19.7 Å². The molecule has 2 aliphatic rings. The number of ether oxygens (including phenoxy) is 2. The lowest BCUT2D eigenvalue weighted by atomic mass is 10.2. The van der Waals surface area contributed by atoms with Crippen molar-refractivity contribution in [2.45, 2.75) is 12.5 Å². The molecule has 22 heavy (non-hydrogen) atoms. The van der Waals surface area contributed by atoms with E-state index in [9.17, 15) is 13.2 Å². The zero-order valence-electron chi connectivity index (χ0n) is 12.2. The summed E-state index contributed by atoms with van der Waals surface area (Å²) in [6.07, 6.45) is 0.480. The minimum Gasteiger partial charge on any atom is -0.486 e. The summed E-state index contributed by atoms with van der Waals surface area (Å²) in [6, 6.07) is 4.56. The molecule has 0 aromatic heterocycles. The Hall–Kier alpha value is -1.96. The molecule has 2 heterocycles. The van der Waals surface area contributed by atoms with E-state index in [1.165, 1.54) is 4.90 Å². The maximum Gasteiger partial charge on any atom is 0.321 e. The van der Waals surface area contributed by atoms with Gasteiger partial charge in [-0.05, 0) is 18.6 Å². The molecule has 0 spiro atoms. The molecule has 0 radical (unpaired) electrons. The Balaban J connectivity index is 1.66. The van der Waals surface area contributed by atoms with E-state index in [0.29, 0.717) is 36.8 Å². The van der Waals surface area contributed by atoms with E-state index in [1.807, 2.05) is 0 Å². The number of anilines is 1. The van der Waals surface area contributed by atoms with Crippen molar-refractivity contribution in [3.63, 3.8) is 0 Å². The third-order valence-electron chi connectivity index (χ3n) is 3.87. The quantitative estimate of drug-likeness (QED) is 0.880. The van der Waals surface area contributed by atoms with Gasteiger partial charge in [-0.25, -0.2) is 13.2 Å². The lowest BCUT2D eigenvalue weighted by Crippen LogP contribution is -2.40. The van der Waals surface area contributed by atoms with Gasteiger partial charge in [-0.1, -0.05) is 0 Å². The van der Waals surface area contributed by atoms with E-state index >= 15 is 0 Å². The second kappa shape index (κ2) is 5.68. The van der Waals surface area contributed by atoms with Crippen LogP contribution in [0.25, 0.3) is 0 Å². The SMILES string of the molecule is CN(C(=O)Nc1ccc2c(c1)OCCO2)C1CCS(=O)(=O)C1. The fraction of sp³-hybridized carbons (Fsp3) is 0.500. The monoisotopic (exact) mass is 326 g/mol. The number of fused-ring (bicyclic) bond motifs is 1. The Labute approximate surface area is 129 Å². The van der Waals surface area contributed by atoms with Crippen LogP contribution in [0, 0.1) is 0 Å². The number of amides is 2. The van der Waals surface area contributed by atoms with Crippen LogP contribution < -0.4 is 14.8 Å². The zero-order valence-corrected chi connectivity index (χ0v) is 13.1. The van der Waals surface area contributed by atoms with Crippen LogP contribution in [0.2, 0.25) is 0 Å². The number of carbonyl (C=O) groups excluding carboxylic acids is 1. The molecule has 8 heteroatoms. The molecule has 1 fully saturated rings. The molecule has 1 saturated heterocycles. The third kappa shape index (κ3) is 3.11. The summed E-state index contributed by atoms with van der Waals surface area (Å²) >= 11 is 0. The van der Waals surface area contributed by atoms with Gasteiger partial charge in [-0.2, -0.15) is 0 Å². The Morgan fingerprint density at radius 1 is 1.27 bits per heavy atom. The number of nitrogens with zero attached hydrogens (tertiary/aromatic N) is 1. The van der Waals surface area contributed by atoms with Crippen molar-refractivity contribution in [3.05, 3.63) is 18.2 Å². The average molecular weight is 326 g/mol. The van der Waals surface area contributed by atoms with Gasteiger partial charge in [0, 0.05) is 24.8 Å². The van der Waals surface area contributed by atoms with E-state index < -0.39 is 9.84 Å². The van der Waals surface area contributed by atoms with Crippen molar-refractivity contribution in [2.75, 3.05) is 37.1 Å². The summed E-state index contributed by atoms with van der Waals surface area (Å²) in [5.74, 6) is 1.41. The molecule has 1 aromatic carbocycles. The summed E-state index contributed by atoms with van der Waals surface area (Å²) in [7, 11) is -1.41. The van der Waals surface area contributed by atoms with Crippen LogP contribution in [0.1, 0.15) is 6.42 Å². The van der Waals surface area contributed by atoms with Gasteiger partial charge in [-0.15, -0.1) is 0 Å². The van der Waals surface area contributed by atoms with E-state index in [-0.39, 0.29) is 23.6 Å². The van der Waals surface area contributed by atoms with Crippen LogP contribution in [0.15, 0.2) is 18.2 Å². The Morgan fingerprint density at radius 3 is 2.68 bits per heavy atom. The molecule has 1 N–H and O–H groups in total. The summed E-state index contributed by atoms with van der Waals surface area (Å²) < 4.78 is 33.9. The lowest BCUT2D eigenvalue weighted by molar-refractivity contribution is 0.171. The van der Waals surface area contributed by atoms with E-state index in [4.69, 9.17) is 9.47 Å². The smallest absolute Gasteiger partial charge is 0.321 e. The van der Waals surface area contributed by atoms with Crippen LogP contribution in [0.3, 0.4) is 0 Å². The van der Waals surface area contributed by atoms with E-state index in [2.05, 4.69) is 5.32 Å². The minimum absolute atomic E-state index is 0.0259. The molecule has 0 saturated carbocycles. The van der Waals surface area contributed by atoms with E-state index in [1.54, 1.807) is 25.2 Å². The normalized spacial score (nSPS) is 22.1. The molecule has 1 aromatic rings. The summed E-state index contributed by atoms with van der Waals surface area (Å²) in [4.78, 5) is 13.7. The van der Waals surface area contributed by atoms with Crippen LogP contribution >= 0.6 is 0 Å². The molecule has 1 atom stereocenters. The molecule has 7 nitrogen and oxygen atoms in total. The van der Waals surface area contributed by atoms with Gasteiger partial charge in [-0.3, -0.25) is 0 Å². The highest BCUT2D eigenvalue weighted by Crippen LogP contribution is 2.32. The maximum absolute atomic E-state index is 12.2. The fourth-order valence-corrected chi connectivity index (χ4v) is 4.35. The van der Waals surface area contributed by atoms with Gasteiger partial charge in [0.05, 0.1) is 11.5 Å². The number of rotatable bonds is 2. The highest BCUT2D eigenvalue weighted by Gasteiger charge is 2.32. The van der Waals surface area contributed by atoms with Crippen molar-refractivity contribution in [2.24, 2.45) is 0 Å². The Morgan fingerprint density at radius 2 is 2.00 bits per heavy atom. The molecule has 3 rings (SSSR count). The number of benzene rings is 1. The third-order valence-corrected chi connectivity index (χ3v) is 5.62. The standard InChI is InChI=1S/C14H18N2O5S/c1-16(11-4-7-22(18,19)9-11)14(17)15-10-2-3-12-13(8-10)21-6-5-20-12/h2-3,8,11H,4-7,9H2,1H3,(H,15,17). The minimum atomic E-state index is -3.02. The molecule has 1 unspecified atom stereocenters. The van der Waals surface area contributed by atoms with Gasteiger partial charge in [0.2, 0.25) is 0 Å². The summed E-state index contributed by atoms with van der Waals surface area (Å²) in [6.45, 7) is 0.988. The predicted octanol–water partition coefficient (Wildman–Crippen LogP) is 1.11. The number of urea groups is 1. The molecule has 0 bridgehead atoms. The topological polar surface area (TPSA) is 84.9 Å². The van der Waals surface area contributed by atoms with Crippen LogP contribution in [0.5, 0.6) is 11.5 Å². The van der Waals surface area contributed by atoms with Gasteiger partial charge >= 0.3 is 6.03 Å². The molecular weight excluding hydrogens is 308 g/mol. The Kier molecular flexibility index (Phi) is 3.86. The first-order valence-corrected chi connectivity index (χ1v) is 8.91. The van der Waals surface area contributed by atoms with Gasteiger partial charge in [0.15, 0.2) is 21.3 Å². The van der Waals surface area contributed by atoms with Crippen molar-refractivity contribution < 1.29 is 22.7 Å². The Bertz CT molecular complexity index is 688. The highest BCUT2D eigenvalue weighted by atomic mass is 32.2. The van der Waals surface area contributed by atoms with Crippen LogP contribution in [-0.4, -0.2) is 57.2 Å². The predicted molar refractivity (Wildman–Crippen MR) is 81.3 cm³/mol. The fourth-order valence-electron chi connectivity index (χ4n) is 2.58. The molecular formula is C14H18N2O5S. The second-order valence-corrected chi connectivity index (χ2v) is 7.69. The molecule has 120 valence electrons. The average Bonchev–Trinajstić information content (AvgIpc) is 2.86. The summed E-state index contributed by atoms with van der Waals surface area (Å²) in [5.41, 5.74) is 0.585. The van der Waals surface area contributed by atoms with Crippen molar-refractivity contribution >= 4 is 21.6 Å². The van der Waals surface area contributed by atoms with Gasteiger partial charge in [0.1, 0.15) is 13.2 Å². The number of hydrogen-bond donors (Lipinski definition) is 1. The number of carbonyl (C=O) groups is 1. The summed E-state index contributed by atoms with van der Waals surface area (Å²) in [5, 5.41) is 2.75. The largest absolute Gasteiger partial charge is 0.486 e. The lowest BCUT2D eigenvalue weighted by Gasteiger charge is -2.24. The second-order valence-electron chi connectivity index (χ2n) is 5.46. The number of hydrogen-bond acceptors (Lipinski definition) is 5. The number of nitrogens with one attached hydrogen (secondary N) is 1. The first-order valence-electron chi connectivity index (χ1n) is 7.08. The number of sulfone groups is 1. The van der Waals surface area contributed by atoms with Crippen molar-refractivity contribution in [1.29, 1.82) is 0 Å². The molecule has 2 amide bonds. The molecule has 2 aliphatic heterocycles. The first-order chi connectivity index (χ1) is 10.4. The van der Waals surface area contributed by atoms with Crippen molar-refractivity contribution in [3.8, 4) is 11.5 Å². The van der Waals surface area contributed by atoms with Gasteiger partial charge in [0.25, 0.3) is 0 Å². The first kappa shape index (κ1) is 15.0. The van der Waals surface area contributed by atoms with Crippen molar-refractivity contribution in [1.82, 2.24) is 4.90 Å². The van der Waals surface area contributed by atoms with E-state index in [0.717, 1.165) is 0 Å². The van der Waals surface area contributed by atoms with Crippen LogP contribution in [-0.2, 0) is 9.84 Å².